The lowest BCUT2D eigenvalue weighted by atomic mass is 10.1. The Labute approximate surface area is 120 Å². The zero-order valence-corrected chi connectivity index (χ0v) is 11.3. The number of ether oxygens (including phenoxy) is 2. The van der Waals surface area contributed by atoms with Gasteiger partial charge < -0.3 is 14.8 Å². The lowest BCUT2D eigenvalue weighted by Gasteiger charge is -2.13. The van der Waals surface area contributed by atoms with Gasteiger partial charge in [0.1, 0.15) is 11.6 Å². The van der Waals surface area contributed by atoms with Crippen molar-refractivity contribution >= 4 is 5.91 Å². The van der Waals surface area contributed by atoms with Crippen LogP contribution in [-0.2, 0) is 16.1 Å². The maximum Gasteiger partial charge on any atom is 0.387 e. The van der Waals surface area contributed by atoms with Crippen molar-refractivity contribution < 1.29 is 27.4 Å². The normalized spacial score (nSPS) is 18.0. The lowest BCUT2D eigenvalue weighted by molar-refractivity contribution is -0.123. The van der Waals surface area contributed by atoms with Crippen LogP contribution in [0.1, 0.15) is 24.8 Å². The average molecular weight is 303 g/mol. The minimum atomic E-state index is -3.05. The van der Waals surface area contributed by atoms with Crippen molar-refractivity contribution in [2.24, 2.45) is 0 Å². The molecule has 1 aliphatic rings. The van der Waals surface area contributed by atoms with E-state index in [-0.39, 0.29) is 36.3 Å². The minimum Gasteiger partial charge on any atom is -0.434 e. The predicted octanol–water partition coefficient (Wildman–Crippen LogP) is 2.61. The van der Waals surface area contributed by atoms with E-state index in [0.717, 1.165) is 18.9 Å². The molecule has 0 saturated carbocycles. The number of hydrogen-bond acceptors (Lipinski definition) is 3. The number of amides is 1. The van der Waals surface area contributed by atoms with Crippen molar-refractivity contribution in [3.05, 3.63) is 29.6 Å². The number of alkyl halides is 2. The number of benzene rings is 1. The third kappa shape index (κ3) is 4.63. The fraction of sp³-hybridized carbons (Fsp3) is 0.500. The molecule has 1 fully saturated rings. The van der Waals surface area contributed by atoms with Crippen LogP contribution >= 0.6 is 0 Å². The van der Waals surface area contributed by atoms with Crippen LogP contribution in [-0.4, -0.2) is 25.2 Å². The van der Waals surface area contributed by atoms with Crippen LogP contribution in [0.4, 0.5) is 13.2 Å². The maximum atomic E-state index is 13.7. The molecule has 0 spiro atoms. The predicted molar refractivity (Wildman–Crippen MR) is 68.5 cm³/mol. The fourth-order valence-electron chi connectivity index (χ4n) is 2.19. The van der Waals surface area contributed by atoms with Crippen LogP contribution < -0.4 is 10.1 Å². The van der Waals surface area contributed by atoms with Crippen molar-refractivity contribution in [2.75, 3.05) is 6.61 Å². The maximum absolute atomic E-state index is 13.7. The monoisotopic (exact) mass is 303 g/mol. The van der Waals surface area contributed by atoms with Gasteiger partial charge in [-0.2, -0.15) is 8.78 Å². The molecular weight excluding hydrogens is 287 g/mol. The topological polar surface area (TPSA) is 47.6 Å². The van der Waals surface area contributed by atoms with Gasteiger partial charge in [0.05, 0.1) is 12.5 Å². The molecule has 1 saturated heterocycles. The molecule has 0 aliphatic carbocycles. The molecule has 1 aromatic carbocycles. The first-order chi connectivity index (χ1) is 10.1. The zero-order chi connectivity index (χ0) is 15.2. The van der Waals surface area contributed by atoms with Crippen LogP contribution in [0.15, 0.2) is 18.2 Å². The average Bonchev–Trinajstić information content (AvgIpc) is 2.90. The molecule has 4 nitrogen and oxygen atoms in total. The Morgan fingerprint density at radius 2 is 2.29 bits per heavy atom. The molecule has 1 aliphatic heterocycles. The van der Waals surface area contributed by atoms with E-state index in [9.17, 15) is 18.0 Å². The van der Waals surface area contributed by atoms with Gasteiger partial charge in [0.15, 0.2) is 0 Å². The molecule has 1 amide bonds. The molecule has 116 valence electrons. The second-order valence-electron chi connectivity index (χ2n) is 4.71. The van der Waals surface area contributed by atoms with Gasteiger partial charge in [0.2, 0.25) is 5.91 Å². The molecular formula is C14H16F3NO3. The molecule has 21 heavy (non-hydrogen) atoms. The van der Waals surface area contributed by atoms with Gasteiger partial charge in [-0.3, -0.25) is 4.79 Å². The Bertz CT molecular complexity index is 490. The van der Waals surface area contributed by atoms with Crippen molar-refractivity contribution in [3.63, 3.8) is 0 Å². The van der Waals surface area contributed by atoms with Gasteiger partial charge in [-0.25, -0.2) is 4.39 Å². The van der Waals surface area contributed by atoms with Crippen molar-refractivity contribution in [3.8, 4) is 5.75 Å². The van der Waals surface area contributed by atoms with Gasteiger partial charge in [-0.05, 0) is 25.0 Å². The highest BCUT2D eigenvalue weighted by molar-refractivity contribution is 5.76. The van der Waals surface area contributed by atoms with Crippen molar-refractivity contribution in [1.29, 1.82) is 0 Å². The highest BCUT2D eigenvalue weighted by Crippen LogP contribution is 2.23. The van der Waals surface area contributed by atoms with E-state index in [2.05, 4.69) is 10.1 Å². The molecule has 1 atom stereocenters. The molecule has 1 N–H and O–H groups in total. The van der Waals surface area contributed by atoms with E-state index in [1.165, 1.54) is 12.1 Å². The summed E-state index contributed by atoms with van der Waals surface area (Å²) in [6.07, 6.45) is 1.78. The first-order valence-corrected chi connectivity index (χ1v) is 6.66. The van der Waals surface area contributed by atoms with Crippen LogP contribution in [0, 0.1) is 5.82 Å². The third-order valence-electron chi connectivity index (χ3n) is 3.19. The Balaban J connectivity index is 1.93. The van der Waals surface area contributed by atoms with Gasteiger partial charge in [0.25, 0.3) is 0 Å². The molecule has 0 bridgehead atoms. The quantitative estimate of drug-likeness (QED) is 0.879. The number of halogens is 3. The Morgan fingerprint density at radius 3 is 2.95 bits per heavy atom. The number of nitrogens with one attached hydrogen (secondary N) is 1. The van der Waals surface area contributed by atoms with Gasteiger partial charge in [-0.1, -0.05) is 6.07 Å². The van der Waals surface area contributed by atoms with Gasteiger partial charge >= 0.3 is 6.61 Å². The fourth-order valence-corrected chi connectivity index (χ4v) is 2.19. The van der Waals surface area contributed by atoms with Crippen LogP contribution in [0.25, 0.3) is 0 Å². The van der Waals surface area contributed by atoms with Gasteiger partial charge in [-0.15, -0.1) is 0 Å². The third-order valence-corrected chi connectivity index (χ3v) is 3.19. The smallest absolute Gasteiger partial charge is 0.387 e. The summed E-state index contributed by atoms with van der Waals surface area (Å²) in [5.74, 6) is -1.29. The first-order valence-electron chi connectivity index (χ1n) is 6.66. The summed E-state index contributed by atoms with van der Waals surface area (Å²) in [5.41, 5.74) is -0.0986. The summed E-state index contributed by atoms with van der Waals surface area (Å²) >= 11 is 0. The van der Waals surface area contributed by atoms with E-state index in [1.54, 1.807) is 0 Å². The first kappa shape index (κ1) is 15.6. The Morgan fingerprint density at radius 1 is 1.48 bits per heavy atom. The number of carbonyl (C=O) groups is 1. The largest absolute Gasteiger partial charge is 0.434 e. The summed E-state index contributed by atoms with van der Waals surface area (Å²) in [6.45, 7) is -2.62. The van der Waals surface area contributed by atoms with E-state index in [0.29, 0.717) is 6.61 Å². The van der Waals surface area contributed by atoms with E-state index in [1.807, 2.05) is 0 Å². The van der Waals surface area contributed by atoms with E-state index in [4.69, 9.17) is 4.74 Å². The number of hydrogen-bond donors (Lipinski definition) is 1. The SMILES string of the molecule is O=C(C[C@@H]1CCCO1)NCc1c(F)cccc1OC(F)F. The minimum absolute atomic E-state index is 0.0986. The summed E-state index contributed by atoms with van der Waals surface area (Å²) in [4.78, 5) is 11.7. The van der Waals surface area contributed by atoms with E-state index >= 15 is 0 Å². The second kappa shape index (κ2) is 7.31. The Hall–Kier alpha value is -1.76. The summed E-state index contributed by atoms with van der Waals surface area (Å²) in [5, 5.41) is 2.50. The summed E-state index contributed by atoms with van der Waals surface area (Å²) in [7, 11) is 0. The van der Waals surface area contributed by atoms with Crippen LogP contribution in [0.5, 0.6) is 5.75 Å². The molecule has 7 heteroatoms. The highest BCUT2D eigenvalue weighted by Gasteiger charge is 2.20. The molecule has 1 aromatic rings. The molecule has 1 heterocycles. The Kier molecular flexibility index (Phi) is 5.44. The highest BCUT2D eigenvalue weighted by atomic mass is 19.3. The van der Waals surface area contributed by atoms with Crippen LogP contribution in [0.3, 0.4) is 0 Å². The molecule has 0 unspecified atom stereocenters. The lowest BCUT2D eigenvalue weighted by Crippen LogP contribution is -2.27. The molecule has 2 rings (SSSR count). The molecule has 0 radical (unpaired) electrons. The summed E-state index contributed by atoms with van der Waals surface area (Å²) < 4.78 is 47.7. The summed E-state index contributed by atoms with van der Waals surface area (Å²) in [6, 6.07) is 3.63. The zero-order valence-electron chi connectivity index (χ0n) is 11.3. The van der Waals surface area contributed by atoms with Crippen molar-refractivity contribution in [2.45, 2.75) is 38.5 Å². The molecule has 0 aromatic heterocycles. The van der Waals surface area contributed by atoms with Crippen molar-refractivity contribution in [1.82, 2.24) is 5.32 Å². The van der Waals surface area contributed by atoms with Crippen LogP contribution in [0.2, 0.25) is 0 Å². The second-order valence-corrected chi connectivity index (χ2v) is 4.71. The van der Waals surface area contributed by atoms with E-state index < -0.39 is 12.4 Å². The standard InChI is InChI=1S/C14H16F3NO3/c15-11-4-1-5-12(21-14(16)17)10(11)8-18-13(19)7-9-3-2-6-20-9/h1,4-5,9,14H,2-3,6-8H2,(H,18,19)/t9-/m0/s1. The number of carbonyl (C=O) groups excluding carboxylic acids is 1. The number of rotatable bonds is 6. The van der Waals surface area contributed by atoms with Gasteiger partial charge in [0, 0.05) is 18.7 Å².